The summed E-state index contributed by atoms with van der Waals surface area (Å²) in [6, 6.07) is 9.91. The predicted octanol–water partition coefficient (Wildman–Crippen LogP) is 0.713. The highest BCUT2D eigenvalue weighted by Gasteiger charge is 2.55. The molecular weight excluding hydrogens is 508 g/mol. The van der Waals surface area contributed by atoms with Crippen molar-refractivity contribution in [2.45, 2.75) is 38.3 Å². The van der Waals surface area contributed by atoms with Gasteiger partial charge in [-0.05, 0) is 74.2 Å². The number of urea groups is 1. The van der Waals surface area contributed by atoms with E-state index in [1.54, 1.807) is 17.2 Å². The number of rotatable bonds is 7. The Kier molecular flexibility index (Phi) is 7.37. The van der Waals surface area contributed by atoms with Crippen LogP contribution in [0.1, 0.15) is 25.3 Å². The van der Waals surface area contributed by atoms with Crippen LogP contribution in [0.25, 0.3) is 5.69 Å². The van der Waals surface area contributed by atoms with Gasteiger partial charge in [0.25, 0.3) is 0 Å². The molecule has 2 aromatic rings. The van der Waals surface area contributed by atoms with Gasteiger partial charge in [0.05, 0.1) is 5.69 Å². The molecule has 4 aliphatic rings. The van der Waals surface area contributed by atoms with Gasteiger partial charge in [0.2, 0.25) is 5.91 Å². The highest BCUT2D eigenvalue weighted by molar-refractivity contribution is 5.88. The molecule has 2 aliphatic carbocycles. The van der Waals surface area contributed by atoms with Crippen LogP contribution < -0.4 is 22.5 Å². The number of nitrogens with one attached hydrogen (secondary N) is 1. The average molecular weight is 549 g/mol. The lowest BCUT2D eigenvalue weighted by molar-refractivity contribution is -0.140. The van der Waals surface area contributed by atoms with Crippen molar-refractivity contribution in [2.24, 2.45) is 35.1 Å². The molecule has 40 heavy (non-hydrogen) atoms. The summed E-state index contributed by atoms with van der Waals surface area (Å²) < 4.78 is 1.47. The maximum Gasteiger partial charge on any atom is 0.354 e. The Morgan fingerprint density at radius 1 is 1.02 bits per heavy atom. The van der Waals surface area contributed by atoms with Gasteiger partial charge in [0.15, 0.2) is 0 Å². The summed E-state index contributed by atoms with van der Waals surface area (Å²) in [4.78, 5) is 48.2. The number of hydrogen-bond acceptors (Lipinski definition) is 7. The van der Waals surface area contributed by atoms with E-state index in [0.717, 1.165) is 62.3 Å². The zero-order valence-corrected chi connectivity index (χ0v) is 23.1. The van der Waals surface area contributed by atoms with Crippen LogP contribution >= 0.6 is 0 Å². The molecule has 0 bridgehead atoms. The summed E-state index contributed by atoms with van der Waals surface area (Å²) in [7, 11) is 0. The number of amides is 3. The number of nitrogens with two attached hydrogens (primary N) is 2. The number of hydrogen-bond donors (Lipinski definition) is 3. The van der Waals surface area contributed by atoms with E-state index < -0.39 is 5.69 Å². The quantitative estimate of drug-likeness (QED) is 0.463. The lowest BCUT2D eigenvalue weighted by Gasteiger charge is -2.39. The number of fused-ring (bicyclic) bond motifs is 1. The Labute approximate surface area is 234 Å². The molecule has 1 unspecified atom stereocenters. The molecule has 2 saturated heterocycles. The summed E-state index contributed by atoms with van der Waals surface area (Å²) in [6.07, 6.45) is 4.08. The summed E-state index contributed by atoms with van der Waals surface area (Å²) in [5.74, 6) is 2.69. The van der Waals surface area contributed by atoms with Crippen LogP contribution in [-0.4, -0.2) is 94.1 Å². The number of anilines is 1. The Morgan fingerprint density at radius 3 is 2.27 bits per heavy atom. The van der Waals surface area contributed by atoms with E-state index in [1.165, 1.54) is 10.1 Å². The third kappa shape index (κ3) is 5.37. The fourth-order valence-electron chi connectivity index (χ4n) is 6.76. The zero-order valence-electron chi connectivity index (χ0n) is 23.1. The van der Waals surface area contributed by atoms with Gasteiger partial charge in [-0.2, -0.15) is 4.98 Å². The molecule has 3 heterocycles. The first-order chi connectivity index (χ1) is 19.3. The van der Waals surface area contributed by atoms with Crippen LogP contribution in [0.2, 0.25) is 0 Å². The Hall–Kier alpha value is -3.28. The van der Waals surface area contributed by atoms with Gasteiger partial charge in [-0.1, -0.05) is 12.1 Å². The van der Waals surface area contributed by atoms with Gasteiger partial charge >= 0.3 is 11.7 Å². The number of benzene rings is 1. The lowest BCUT2D eigenvalue weighted by Crippen LogP contribution is -2.55. The van der Waals surface area contributed by atoms with Crippen LogP contribution in [0.5, 0.6) is 0 Å². The summed E-state index contributed by atoms with van der Waals surface area (Å²) in [5, 5.41) is 2.73. The zero-order chi connectivity index (χ0) is 28.0. The Morgan fingerprint density at radius 2 is 1.68 bits per heavy atom. The molecule has 0 radical (unpaired) electrons. The molecule has 1 aromatic heterocycles. The third-order valence-electron chi connectivity index (χ3n) is 9.48. The largest absolute Gasteiger partial charge is 0.354 e. The molecule has 1 aromatic carbocycles. The summed E-state index contributed by atoms with van der Waals surface area (Å²) in [5.41, 5.74) is 13.2. The topological polar surface area (TPSA) is 143 Å². The highest BCUT2D eigenvalue weighted by atomic mass is 16.2. The molecule has 5 N–H and O–H groups in total. The van der Waals surface area contributed by atoms with Gasteiger partial charge in [0, 0.05) is 63.5 Å². The third-order valence-corrected chi connectivity index (χ3v) is 9.48. The van der Waals surface area contributed by atoms with Crippen LogP contribution in [0.4, 0.5) is 10.6 Å². The van der Waals surface area contributed by atoms with E-state index in [9.17, 15) is 14.4 Å². The Bertz CT molecular complexity index is 1290. The van der Waals surface area contributed by atoms with Crippen molar-refractivity contribution >= 4 is 17.8 Å². The molecule has 6 rings (SSSR count). The van der Waals surface area contributed by atoms with Gasteiger partial charge in [0.1, 0.15) is 5.82 Å². The molecule has 2 saturated carbocycles. The second-order valence-electron chi connectivity index (χ2n) is 12.0. The minimum absolute atomic E-state index is 0.0243. The number of carbonyl (C=O) groups excluding carboxylic acids is 2. The molecular formula is C29H40N8O3. The minimum Gasteiger partial charge on any atom is -0.339 e. The van der Waals surface area contributed by atoms with E-state index >= 15 is 0 Å². The number of carbonyl (C=O) groups is 2. The molecule has 4 atom stereocenters. The monoisotopic (exact) mass is 548 g/mol. The van der Waals surface area contributed by atoms with Crippen LogP contribution in [0, 0.1) is 23.7 Å². The normalized spacial score (nSPS) is 28.5. The van der Waals surface area contributed by atoms with Gasteiger partial charge in [-0.25, -0.2) is 9.59 Å². The molecule has 11 heteroatoms. The second kappa shape index (κ2) is 10.9. The molecule has 3 amide bonds. The van der Waals surface area contributed by atoms with Crippen molar-refractivity contribution in [3.05, 3.63) is 52.6 Å². The van der Waals surface area contributed by atoms with Gasteiger partial charge in [-0.15, -0.1) is 0 Å². The van der Waals surface area contributed by atoms with Crippen molar-refractivity contribution in [2.75, 3.05) is 51.1 Å². The molecule has 214 valence electrons. The van der Waals surface area contributed by atoms with Crippen molar-refractivity contribution in [1.29, 1.82) is 0 Å². The average Bonchev–Trinajstić information content (AvgIpc) is 3.41. The van der Waals surface area contributed by atoms with Gasteiger partial charge < -0.3 is 21.3 Å². The number of likely N-dealkylation sites (tertiary alicyclic amines) is 1. The van der Waals surface area contributed by atoms with Crippen molar-refractivity contribution < 1.29 is 9.59 Å². The van der Waals surface area contributed by atoms with Gasteiger partial charge in [-0.3, -0.25) is 19.6 Å². The minimum atomic E-state index is -0.459. The second-order valence-corrected chi connectivity index (χ2v) is 12.0. The first kappa shape index (κ1) is 26.9. The number of piperidine rings is 1. The molecule has 2 aliphatic heterocycles. The van der Waals surface area contributed by atoms with Crippen LogP contribution in [-0.2, 0) is 11.2 Å². The lowest BCUT2D eigenvalue weighted by atomic mass is 9.80. The van der Waals surface area contributed by atoms with Crippen LogP contribution in [0.15, 0.2) is 41.3 Å². The maximum absolute atomic E-state index is 12.8. The van der Waals surface area contributed by atoms with E-state index in [2.05, 4.69) is 34.3 Å². The SMILES string of the molecule is CC(Cc1ccc(-n2ccc(NC(=O)N3CCN(C(=O)C4CC(N)C4)CC3)nc2=O)cc1)N1C[C@@H]2[C@@H](CN)[C@@H]2C1. The summed E-state index contributed by atoms with van der Waals surface area (Å²) >= 11 is 0. The molecule has 0 spiro atoms. The number of piperazine rings is 1. The van der Waals surface area contributed by atoms with E-state index in [4.69, 9.17) is 11.5 Å². The summed E-state index contributed by atoms with van der Waals surface area (Å²) in [6.45, 7) is 7.27. The van der Waals surface area contributed by atoms with Crippen molar-refractivity contribution in [3.8, 4) is 5.69 Å². The first-order valence-corrected chi connectivity index (χ1v) is 14.5. The first-order valence-electron chi connectivity index (χ1n) is 14.5. The number of nitrogens with zero attached hydrogens (tertiary/aromatic N) is 5. The predicted molar refractivity (Wildman–Crippen MR) is 152 cm³/mol. The fourth-order valence-corrected chi connectivity index (χ4v) is 6.76. The van der Waals surface area contributed by atoms with Crippen molar-refractivity contribution in [1.82, 2.24) is 24.3 Å². The smallest absolute Gasteiger partial charge is 0.339 e. The highest BCUT2D eigenvalue weighted by Crippen LogP contribution is 2.51. The maximum atomic E-state index is 12.8. The molecule has 4 fully saturated rings. The van der Waals surface area contributed by atoms with Crippen molar-refractivity contribution in [3.63, 3.8) is 0 Å². The standard InChI is InChI=1S/C29H40N8O3/c1-18(36-16-24-23(15-30)25(24)17-36)12-19-2-4-22(5-3-19)37-7-6-26(33-29(37)40)32-28(39)35-10-8-34(9-11-35)27(38)20-13-21(31)14-20/h2-7,18,20-21,23-25H,8-17,30-31H2,1H3,(H,32,33,39,40)/t18?,20?,21?,23-,24-,25+. The van der Waals surface area contributed by atoms with E-state index in [0.29, 0.717) is 32.2 Å². The van der Waals surface area contributed by atoms with Crippen LogP contribution in [0.3, 0.4) is 0 Å². The molecule has 11 nitrogen and oxygen atoms in total. The Balaban J connectivity index is 0.994. The fraction of sp³-hybridized carbons (Fsp3) is 0.586. The van der Waals surface area contributed by atoms with E-state index in [-0.39, 0.29) is 29.7 Å². The van der Waals surface area contributed by atoms with E-state index in [1.807, 2.05) is 17.0 Å². The number of aromatic nitrogens is 2.